The van der Waals surface area contributed by atoms with E-state index in [0.717, 1.165) is 12.8 Å². The van der Waals surface area contributed by atoms with Crippen molar-refractivity contribution in [2.75, 3.05) is 6.54 Å². The van der Waals surface area contributed by atoms with Crippen molar-refractivity contribution in [1.82, 2.24) is 4.98 Å². The Labute approximate surface area is 89.2 Å². The molecular formula is C10H15ClN2O. The van der Waals surface area contributed by atoms with Gasteiger partial charge in [-0.1, -0.05) is 11.6 Å². The number of nitrogens with zero attached hydrogens (tertiary/aromatic N) is 1. The first-order valence-corrected chi connectivity index (χ1v) is 5.07. The van der Waals surface area contributed by atoms with E-state index in [9.17, 15) is 0 Å². The van der Waals surface area contributed by atoms with Crippen LogP contribution >= 0.6 is 11.6 Å². The van der Waals surface area contributed by atoms with Crippen LogP contribution in [-0.2, 0) is 0 Å². The Hall–Kier alpha value is -0.800. The number of aromatic nitrogens is 1. The van der Waals surface area contributed by atoms with E-state index in [4.69, 9.17) is 22.1 Å². The van der Waals surface area contributed by atoms with E-state index in [1.807, 2.05) is 6.92 Å². The summed E-state index contributed by atoms with van der Waals surface area (Å²) in [6.07, 6.45) is 5.31. The number of nitrogens with two attached hydrogens (primary N) is 1. The molecule has 0 bridgehead atoms. The van der Waals surface area contributed by atoms with E-state index in [1.54, 1.807) is 18.5 Å². The van der Waals surface area contributed by atoms with E-state index in [1.165, 1.54) is 0 Å². The third kappa shape index (κ3) is 3.94. The molecule has 1 heterocycles. The van der Waals surface area contributed by atoms with Gasteiger partial charge in [0.1, 0.15) is 5.75 Å². The lowest BCUT2D eigenvalue weighted by Gasteiger charge is -2.13. The monoisotopic (exact) mass is 214 g/mol. The first-order chi connectivity index (χ1) is 6.72. The predicted molar refractivity (Wildman–Crippen MR) is 57.6 cm³/mol. The average molecular weight is 215 g/mol. The molecule has 0 saturated carbocycles. The molecule has 0 spiro atoms. The van der Waals surface area contributed by atoms with Crippen LogP contribution in [0.1, 0.15) is 19.8 Å². The Bertz CT molecular complexity index is 281. The zero-order valence-electron chi connectivity index (χ0n) is 8.24. The van der Waals surface area contributed by atoms with Gasteiger partial charge in [0.2, 0.25) is 0 Å². The molecule has 0 aromatic carbocycles. The fourth-order valence-electron chi connectivity index (χ4n) is 1.15. The Balaban J connectivity index is 2.43. The molecular weight excluding hydrogens is 200 g/mol. The summed E-state index contributed by atoms with van der Waals surface area (Å²) < 4.78 is 5.59. The van der Waals surface area contributed by atoms with Crippen LogP contribution < -0.4 is 10.5 Å². The highest BCUT2D eigenvalue weighted by Crippen LogP contribution is 2.17. The van der Waals surface area contributed by atoms with Crippen molar-refractivity contribution in [3.05, 3.63) is 23.5 Å². The van der Waals surface area contributed by atoms with Crippen LogP contribution in [0, 0.1) is 0 Å². The van der Waals surface area contributed by atoms with E-state index in [-0.39, 0.29) is 6.10 Å². The molecule has 1 aromatic rings. The number of halogens is 1. The van der Waals surface area contributed by atoms with Crippen molar-refractivity contribution in [2.45, 2.75) is 25.9 Å². The lowest BCUT2D eigenvalue weighted by molar-refractivity contribution is 0.208. The lowest BCUT2D eigenvalue weighted by atomic mass is 10.2. The first-order valence-electron chi connectivity index (χ1n) is 4.69. The number of rotatable bonds is 5. The van der Waals surface area contributed by atoms with Crippen molar-refractivity contribution in [3.63, 3.8) is 0 Å². The molecule has 1 rings (SSSR count). The van der Waals surface area contributed by atoms with Gasteiger partial charge in [0, 0.05) is 12.3 Å². The van der Waals surface area contributed by atoms with Gasteiger partial charge in [0.05, 0.1) is 17.3 Å². The SMILES string of the molecule is CC(CCCN)Oc1cncc(Cl)c1. The Kier molecular flexibility index (Phi) is 4.70. The standard InChI is InChI=1S/C10H15ClN2O/c1-8(3-2-4-12)14-10-5-9(11)6-13-7-10/h5-8H,2-4,12H2,1H3. The van der Waals surface area contributed by atoms with E-state index in [0.29, 0.717) is 17.3 Å². The summed E-state index contributed by atoms with van der Waals surface area (Å²) >= 11 is 5.77. The van der Waals surface area contributed by atoms with Crippen molar-refractivity contribution in [3.8, 4) is 5.75 Å². The van der Waals surface area contributed by atoms with Crippen LogP contribution in [-0.4, -0.2) is 17.6 Å². The number of pyridine rings is 1. The van der Waals surface area contributed by atoms with Crippen LogP contribution in [0.2, 0.25) is 5.02 Å². The van der Waals surface area contributed by atoms with E-state index < -0.39 is 0 Å². The van der Waals surface area contributed by atoms with Gasteiger partial charge in [-0.15, -0.1) is 0 Å². The molecule has 1 atom stereocenters. The van der Waals surface area contributed by atoms with Gasteiger partial charge in [0.25, 0.3) is 0 Å². The van der Waals surface area contributed by atoms with Gasteiger partial charge in [-0.3, -0.25) is 4.98 Å². The second-order valence-electron chi connectivity index (χ2n) is 3.20. The summed E-state index contributed by atoms with van der Waals surface area (Å²) in [5.41, 5.74) is 5.41. The maximum Gasteiger partial charge on any atom is 0.139 e. The summed E-state index contributed by atoms with van der Waals surface area (Å²) in [5.74, 6) is 0.710. The minimum Gasteiger partial charge on any atom is -0.489 e. The molecule has 2 N–H and O–H groups in total. The van der Waals surface area contributed by atoms with Gasteiger partial charge in [-0.05, 0) is 26.3 Å². The van der Waals surface area contributed by atoms with Crippen molar-refractivity contribution in [2.24, 2.45) is 5.73 Å². The highest BCUT2D eigenvalue weighted by atomic mass is 35.5. The number of ether oxygens (including phenoxy) is 1. The van der Waals surface area contributed by atoms with Crippen molar-refractivity contribution < 1.29 is 4.74 Å². The summed E-state index contributed by atoms with van der Waals surface area (Å²) in [7, 11) is 0. The maximum atomic E-state index is 5.77. The summed E-state index contributed by atoms with van der Waals surface area (Å²) in [5, 5.41) is 0.591. The van der Waals surface area contributed by atoms with E-state index in [2.05, 4.69) is 4.98 Å². The first kappa shape index (κ1) is 11.3. The quantitative estimate of drug-likeness (QED) is 0.818. The smallest absolute Gasteiger partial charge is 0.139 e. The molecule has 0 aliphatic heterocycles. The van der Waals surface area contributed by atoms with E-state index >= 15 is 0 Å². The van der Waals surface area contributed by atoms with Gasteiger partial charge in [0.15, 0.2) is 0 Å². The van der Waals surface area contributed by atoms with Gasteiger partial charge >= 0.3 is 0 Å². The summed E-state index contributed by atoms with van der Waals surface area (Å²) in [6, 6.07) is 1.76. The van der Waals surface area contributed by atoms with Gasteiger partial charge in [-0.25, -0.2) is 0 Å². The predicted octanol–water partition coefficient (Wildman–Crippen LogP) is 2.24. The Morgan fingerprint density at radius 3 is 3.00 bits per heavy atom. The molecule has 1 unspecified atom stereocenters. The highest BCUT2D eigenvalue weighted by Gasteiger charge is 2.03. The summed E-state index contributed by atoms with van der Waals surface area (Å²) in [4.78, 5) is 3.94. The normalized spacial score (nSPS) is 12.5. The molecule has 78 valence electrons. The maximum absolute atomic E-state index is 5.77. The Morgan fingerprint density at radius 2 is 2.36 bits per heavy atom. The van der Waals surface area contributed by atoms with Crippen molar-refractivity contribution in [1.29, 1.82) is 0 Å². The van der Waals surface area contributed by atoms with Crippen molar-refractivity contribution >= 4 is 11.6 Å². The van der Waals surface area contributed by atoms with Gasteiger partial charge < -0.3 is 10.5 Å². The van der Waals surface area contributed by atoms with Crippen LogP contribution in [0.3, 0.4) is 0 Å². The minimum atomic E-state index is 0.152. The molecule has 0 aliphatic rings. The molecule has 0 radical (unpaired) electrons. The zero-order chi connectivity index (χ0) is 10.4. The molecule has 3 nitrogen and oxygen atoms in total. The molecule has 1 aromatic heterocycles. The molecule has 0 amide bonds. The molecule has 0 saturated heterocycles. The van der Waals surface area contributed by atoms with Gasteiger partial charge in [-0.2, -0.15) is 0 Å². The molecule has 0 fully saturated rings. The third-order valence-electron chi connectivity index (χ3n) is 1.83. The van der Waals surface area contributed by atoms with Crippen LogP contribution in [0.4, 0.5) is 0 Å². The fraction of sp³-hybridized carbons (Fsp3) is 0.500. The lowest BCUT2D eigenvalue weighted by Crippen LogP contribution is -2.13. The topological polar surface area (TPSA) is 48.1 Å². The second kappa shape index (κ2) is 5.83. The van der Waals surface area contributed by atoms with Crippen LogP contribution in [0.25, 0.3) is 0 Å². The summed E-state index contributed by atoms with van der Waals surface area (Å²) in [6.45, 7) is 2.71. The zero-order valence-corrected chi connectivity index (χ0v) is 9.00. The van der Waals surface area contributed by atoms with Crippen LogP contribution in [0.5, 0.6) is 5.75 Å². The van der Waals surface area contributed by atoms with Crippen LogP contribution in [0.15, 0.2) is 18.5 Å². The average Bonchev–Trinajstić information content (AvgIpc) is 2.15. The molecule has 0 aliphatic carbocycles. The third-order valence-corrected chi connectivity index (χ3v) is 2.04. The largest absolute Gasteiger partial charge is 0.489 e. The molecule has 4 heteroatoms. The highest BCUT2D eigenvalue weighted by molar-refractivity contribution is 6.30. The number of hydrogen-bond acceptors (Lipinski definition) is 3. The minimum absolute atomic E-state index is 0.152. The molecule has 14 heavy (non-hydrogen) atoms. The number of hydrogen-bond donors (Lipinski definition) is 1. The fourth-order valence-corrected chi connectivity index (χ4v) is 1.32. The Morgan fingerprint density at radius 1 is 1.57 bits per heavy atom. The second-order valence-corrected chi connectivity index (χ2v) is 3.63.